The topological polar surface area (TPSA) is 154 Å². The van der Waals surface area contributed by atoms with Crippen molar-refractivity contribution in [2.45, 2.75) is 11.1 Å². The van der Waals surface area contributed by atoms with Gasteiger partial charge in [-0.3, -0.25) is 10.1 Å². The van der Waals surface area contributed by atoms with Crippen LogP contribution in [0.25, 0.3) is 22.3 Å². The number of halogens is 3. The highest BCUT2D eigenvalue weighted by atomic mass is 32.2. The van der Waals surface area contributed by atoms with Crippen molar-refractivity contribution in [2.75, 3.05) is 11.6 Å². The molecule has 0 spiro atoms. The summed E-state index contributed by atoms with van der Waals surface area (Å²) in [6.45, 7) is 0. The number of nitro groups is 1. The van der Waals surface area contributed by atoms with E-state index in [4.69, 9.17) is 0 Å². The number of alkyl halides is 3. The van der Waals surface area contributed by atoms with Crippen LogP contribution in [0.5, 0.6) is 0 Å². The van der Waals surface area contributed by atoms with Gasteiger partial charge in [0.1, 0.15) is 0 Å². The van der Waals surface area contributed by atoms with Gasteiger partial charge in [0, 0.05) is 17.9 Å². The molecule has 0 aliphatic rings. The average Bonchev–Trinajstić information content (AvgIpc) is 3.23. The zero-order valence-electron chi connectivity index (χ0n) is 16.4. The van der Waals surface area contributed by atoms with E-state index < -0.39 is 38.3 Å². The summed E-state index contributed by atoms with van der Waals surface area (Å²) in [6.07, 6.45) is -3.82. The Bertz CT molecular complexity index is 1490. The molecular weight excluding hydrogens is 469 g/mol. The van der Waals surface area contributed by atoms with Gasteiger partial charge in [0.2, 0.25) is 11.5 Å². The van der Waals surface area contributed by atoms with E-state index in [1.165, 1.54) is 30.3 Å². The van der Waals surface area contributed by atoms with E-state index in [9.17, 15) is 31.7 Å². The van der Waals surface area contributed by atoms with Gasteiger partial charge in [-0.05, 0) is 34.6 Å². The highest BCUT2D eigenvalue weighted by molar-refractivity contribution is 7.90. The van der Waals surface area contributed by atoms with E-state index in [1.54, 1.807) is 0 Å². The molecule has 2 aromatic heterocycles. The maximum absolute atomic E-state index is 13.5. The summed E-state index contributed by atoms with van der Waals surface area (Å²) in [4.78, 5) is 17.9. The maximum atomic E-state index is 13.5. The van der Waals surface area contributed by atoms with Gasteiger partial charge in [-0.1, -0.05) is 12.1 Å². The first-order valence-corrected chi connectivity index (χ1v) is 10.8. The molecule has 4 rings (SSSR count). The van der Waals surface area contributed by atoms with Crippen molar-refractivity contribution in [1.82, 2.24) is 20.3 Å². The quantitative estimate of drug-likeness (QED) is 0.330. The van der Waals surface area contributed by atoms with Crippen molar-refractivity contribution in [3.05, 3.63) is 58.3 Å². The summed E-state index contributed by atoms with van der Waals surface area (Å²) in [5, 5.41) is 20.7. The first-order valence-electron chi connectivity index (χ1n) is 8.87. The van der Waals surface area contributed by atoms with Crippen LogP contribution in [0.4, 0.5) is 30.5 Å². The van der Waals surface area contributed by atoms with Crippen LogP contribution in [0.1, 0.15) is 5.69 Å². The monoisotopic (exact) mass is 480 g/mol. The predicted molar refractivity (Wildman–Crippen MR) is 107 cm³/mol. The SMILES string of the molecule is CS(=O)(=O)c1ccc(-c2cc(C(F)(F)F)nc(Nc3ccc([N+](=O)[O-])c4nonc34)n2)cc1. The zero-order valence-corrected chi connectivity index (χ0v) is 17.2. The Morgan fingerprint density at radius 2 is 1.70 bits per heavy atom. The van der Waals surface area contributed by atoms with E-state index >= 15 is 0 Å². The number of rotatable bonds is 5. The number of sulfone groups is 1. The molecule has 0 aliphatic carbocycles. The third kappa shape index (κ3) is 4.43. The highest BCUT2D eigenvalue weighted by Gasteiger charge is 2.34. The van der Waals surface area contributed by atoms with Gasteiger partial charge < -0.3 is 5.32 Å². The van der Waals surface area contributed by atoms with Crippen molar-refractivity contribution in [2.24, 2.45) is 0 Å². The van der Waals surface area contributed by atoms with Gasteiger partial charge in [-0.15, -0.1) is 0 Å². The van der Waals surface area contributed by atoms with Gasteiger partial charge >= 0.3 is 11.9 Å². The number of aromatic nitrogens is 4. The molecule has 1 N–H and O–H groups in total. The summed E-state index contributed by atoms with van der Waals surface area (Å²) in [5.74, 6) is -0.481. The molecule has 4 aromatic rings. The second-order valence-corrected chi connectivity index (χ2v) is 8.75. The molecule has 11 nitrogen and oxygen atoms in total. The molecule has 0 unspecified atom stereocenters. The molecule has 170 valence electrons. The molecule has 2 aromatic carbocycles. The van der Waals surface area contributed by atoms with Crippen molar-refractivity contribution < 1.29 is 31.1 Å². The van der Waals surface area contributed by atoms with E-state index in [2.05, 4.69) is 30.2 Å². The summed E-state index contributed by atoms with van der Waals surface area (Å²) < 4.78 is 68.2. The minimum Gasteiger partial charge on any atom is -0.322 e. The number of benzene rings is 2. The van der Waals surface area contributed by atoms with Crippen molar-refractivity contribution in [3.8, 4) is 11.3 Å². The lowest BCUT2D eigenvalue weighted by molar-refractivity contribution is -0.383. The van der Waals surface area contributed by atoms with E-state index in [1.807, 2.05) is 0 Å². The van der Waals surface area contributed by atoms with Gasteiger partial charge in [0.05, 0.1) is 21.2 Å². The fourth-order valence-electron chi connectivity index (χ4n) is 2.89. The average molecular weight is 480 g/mol. The van der Waals surface area contributed by atoms with E-state index in [-0.39, 0.29) is 32.9 Å². The van der Waals surface area contributed by atoms with Crippen molar-refractivity contribution >= 4 is 38.2 Å². The van der Waals surface area contributed by atoms with Crippen LogP contribution in [0.15, 0.2) is 52.0 Å². The van der Waals surface area contributed by atoms with Crippen molar-refractivity contribution in [3.63, 3.8) is 0 Å². The van der Waals surface area contributed by atoms with Crippen LogP contribution >= 0.6 is 0 Å². The maximum Gasteiger partial charge on any atom is 0.433 e. The lowest BCUT2D eigenvalue weighted by atomic mass is 10.1. The molecule has 0 fully saturated rings. The Hall–Kier alpha value is -4.14. The number of nitrogens with zero attached hydrogens (tertiary/aromatic N) is 5. The summed E-state index contributed by atoms with van der Waals surface area (Å²) >= 11 is 0. The molecule has 0 saturated carbocycles. The molecule has 0 atom stereocenters. The molecular formula is C18H11F3N6O5S. The number of hydrogen-bond donors (Lipinski definition) is 1. The Balaban J connectivity index is 1.80. The summed E-state index contributed by atoms with van der Waals surface area (Å²) in [5.41, 5.74) is -1.91. The number of fused-ring (bicyclic) bond motifs is 1. The molecule has 0 bridgehead atoms. The normalized spacial score (nSPS) is 12.1. The Labute approximate surface area is 182 Å². The minimum absolute atomic E-state index is 0.0125. The fourth-order valence-corrected chi connectivity index (χ4v) is 3.52. The van der Waals surface area contributed by atoms with Crippen LogP contribution in [-0.4, -0.2) is 39.9 Å². The number of nitro benzene ring substituents is 1. The van der Waals surface area contributed by atoms with Crippen LogP contribution in [0.3, 0.4) is 0 Å². The fraction of sp³-hybridized carbons (Fsp3) is 0.111. The molecule has 0 aliphatic heterocycles. The number of nitrogens with one attached hydrogen (secondary N) is 1. The van der Waals surface area contributed by atoms with Gasteiger partial charge in [-0.2, -0.15) is 13.2 Å². The lowest BCUT2D eigenvalue weighted by Crippen LogP contribution is -2.11. The lowest BCUT2D eigenvalue weighted by Gasteiger charge is -2.12. The van der Waals surface area contributed by atoms with E-state index in [0.717, 1.165) is 12.3 Å². The van der Waals surface area contributed by atoms with Gasteiger partial charge in [0.25, 0.3) is 0 Å². The predicted octanol–water partition coefficient (Wildman–Crippen LogP) is 3.75. The molecule has 33 heavy (non-hydrogen) atoms. The van der Waals surface area contributed by atoms with Gasteiger partial charge in [-0.25, -0.2) is 23.0 Å². The smallest absolute Gasteiger partial charge is 0.322 e. The first kappa shape index (κ1) is 22.1. The van der Waals surface area contributed by atoms with E-state index in [0.29, 0.717) is 6.07 Å². The second kappa shape index (κ2) is 7.77. The number of non-ortho nitro benzene ring substituents is 1. The summed E-state index contributed by atoms with van der Waals surface area (Å²) in [7, 11) is -3.50. The summed E-state index contributed by atoms with van der Waals surface area (Å²) in [6, 6.07) is 8.11. The standard InChI is InChI=1S/C18H11F3N6O5S/c1-33(30,31)10-4-2-9(3-5-10)12-8-14(18(19,20)21)24-17(23-12)22-11-6-7-13(27(28)29)16-15(11)25-32-26-16/h2-8H,1H3,(H,22,23,24). The van der Waals surface area contributed by atoms with Crippen LogP contribution in [0, 0.1) is 10.1 Å². The second-order valence-electron chi connectivity index (χ2n) is 6.73. The third-order valence-electron chi connectivity index (χ3n) is 4.43. The number of hydrogen-bond acceptors (Lipinski definition) is 10. The Kier molecular flexibility index (Phi) is 5.20. The van der Waals surface area contributed by atoms with Gasteiger partial charge in [0.15, 0.2) is 21.0 Å². The minimum atomic E-state index is -4.82. The first-order chi connectivity index (χ1) is 15.4. The molecule has 2 heterocycles. The third-order valence-corrected chi connectivity index (χ3v) is 5.56. The van der Waals surface area contributed by atoms with Crippen LogP contribution in [0.2, 0.25) is 0 Å². The van der Waals surface area contributed by atoms with Crippen LogP contribution < -0.4 is 5.32 Å². The number of anilines is 2. The molecule has 0 amide bonds. The van der Waals surface area contributed by atoms with Crippen LogP contribution in [-0.2, 0) is 16.0 Å². The molecule has 0 saturated heterocycles. The molecule has 0 radical (unpaired) electrons. The molecule has 15 heteroatoms. The zero-order chi connectivity index (χ0) is 24.0. The largest absolute Gasteiger partial charge is 0.433 e. The Morgan fingerprint density at radius 1 is 1.03 bits per heavy atom. The van der Waals surface area contributed by atoms with Crippen molar-refractivity contribution in [1.29, 1.82) is 0 Å². The Morgan fingerprint density at radius 3 is 2.30 bits per heavy atom. The highest BCUT2D eigenvalue weighted by Crippen LogP contribution is 2.34.